The highest BCUT2D eigenvalue weighted by atomic mass is 16.8. The van der Waals surface area contributed by atoms with Gasteiger partial charge in [0.1, 0.15) is 11.7 Å². The summed E-state index contributed by atoms with van der Waals surface area (Å²) in [7, 11) is 0. The molecule has 0 spiro atoms. The first-order valence-corrected chi connectivity index (χ1v) is 12.4. The van der Waals surface area contributed by atoms with Crippen LogP contribution in [0, 0.1) is 29.1 Å². The van der Waals surface area contributed by atoms with Gasteiger partial charge in [-0.3, -0.25) is 14.4 Å². The lowest BCUT2D eigenvalue weighted by Crippen LogP contribution is -2.74. The maximum Gasteiger partial charge on any atom is 0.370 e. The van der Waals surface area contributed by atoms with E-state index < -0.39 is 63.9 Å². The van der Waals surface area contributed by atoms with Crippen LogP contribution in [-0.4, -0.2) is 51.9 Å². The van der Waals surface area contributed by atoms with Gasteiger partial charge in [-0.2, -0.15) is 0 Å². The highest BCUT2D eigenvalue weighted by Gasteiger charge is 2.90. The van der Waals surface area contributed by atoms with Crippen LogP contribution in [-0.2, 0) is 38.1 Å². The number of fused-ring (bicyclic) bond motifs is 7. The van der Waals surface area contributed by atoms with Crippen molar-refractivity contribution in [3.63, 3.8) is 0 Å². The van der Waals surface area contributed by atoms with Gasteiger partial charge < -0.3 is 24.1 Å². The van der Waals surface area contributed by atoms with E-state index in [-0.39, 0.29) is 17.8 Å². The molecule has 3 aliphatic heterocycles. The van der Waals surface area contributed by atoms with Crippen molar-refractivity contribution in [2.24, 2.45) is 29.1 Å². The van der Waals surface area contributed by atoms with Crippen LogP contribution in [0.5, 0.6) is 0 Å². The van der Waals surface area contributed by atoms with Crippen molar-refractivity contribution >= 4 is 23.7 Å². The Kier molecular flexibility index (Phi) is 5.27. The first-order valence-electron chi connectivity index (χ1n) is 12.4. The number of rotatable bonds is 4. The molecule has 5 aliphatic rings. The van der Waals surface area contributed by atoms with Crippen LogP contribution in [0.4, 0.5) is 0 Å². The second-order valence-electron chi connectivity index (χ2n) is 11.1. The molecule has 9 heteroatoms. The summed E-state index contributed by atoms with van der Waals surface area (Å²) >= 11 is 0. The van der Waals surface area contributed by atoms with Crippen LogP contribution in [0.2, 0.25) is 0 Å². The molecule has 0 aromatic rings. The number of carboxylic acid groups (broad SMARTS) is 1. The average molecular weight is 501 g/mol. The molecule has 3 saturated heterocycles. The summed E-state index contributed by atoms with van der Waals surface area (Å²) in [6, 6.07) is 0. The summed E-state index contributed by atoms with van der Waals surface area (Å²) in [5.41, 5.74) is -3.75. The van der Waals surface area contributed by atoms with E-state index in [1.807, 2.05) is 45.9 Å². The number of esters is 2. The molecule has 2 aliphatic carbocycles. The molecule has 3 heterocycles. The number of carbonyl (C=O) groups is 4. The van der Waals surface area contributed by atoms with Crippen molar-refractivity contribution in [3.05, 3.63) is 36.1 Å². The Balaban J connectivity index is 1.77. The van der Waals surface area contributed by atoms with Gasteiger partial charge in [0.2, 0.25) is 5.79 Å². The fourth-order valence-corrected chi connectivity index (χ4v) is 7.84. The minimum Gasteiger partial charge on any atom is -0.481 e. The molecule has 0 aromatic heterocycles. The molecule has 1 N–H and O–H groups in total. The van der Waals surface area contributed by atoms with Gasteiger partial charge in [0.15, 0.2) is 5.76 Å². The number of allylic oxidation sites excluding steroid dienone is 2. The Morgan fingerprint density at radius 1 is 1.19 bits per heavy atom. The number of cyclic esters (lactones) is 1. The largest absolute Gasteiger partial charge is 0.481 e. The van der Waals surface area contributed by atoms with Gasteiger partial charge >= 0.3 is 23.5 Å². The Morgan fingerprint density at radius 2 is 1.89 bits per heavy atom. The van der Waals surface area contributed by atoms with Gasteiger partial charge in [-0.05, 0) is 57.4 Å². The van der Waals surface area contributed by atoms with E-state index in [9.17, 15) is 24.3 Å². The van der Waals surface area contributed by atoms with Crippen LogP contribution in [0.3, 0.4) is 0 Å². The maximum atomic E-state index is 13.7. The Labute approximate surface area is 209 Å². The molecule has 36 heavy (non-hydrogen) atoms. The molecule has 0 amide bonds. The topological polar surface area (TPSA) is 125 Å². The molecule has 9 atom stereocenters. The zero-order chi connectivity index (χ0) is 26.4. The minimum absolute atomic E-state index is 0.153. The van der Waals surface area contributed by atoms with Crippen LogP contribution in [0.1, 0.15) is 53.9 Å². The van der Waals surface area contributed by atoms with E-state index in [0.29, 0.717) is 19.3 Å². The second-order valence-corrected chi connectivity index (χ2v) is 11.1. The number of carboxylic acids is 1. The fraction of sp³-hybridized carbons (Fsp3) is 0.630. The van der Waals surface area contributed by atoms with Crippen LogP contribution in [0.15, 0.2) is 36.1 Å². The molecule has 4 fully saturated rings. The van der Waals surface area contributed by atoms with E-state index in [4.69, 9.17) is 18.9 Å². The molecule has 1 saturated carbocycles. The summed E-state index contributed by atoms with van der Waals surface area (Å²) in [5.74, 6) is -7.37. The Morgan fingerprint density at radius 3 is 2.44 bits per heavy atom. The normalized spacial score (nSPS) is 47.4. The third-order valence-corrected chi connectivity index (χ3v) is 9.42. The molecule has 0 radical (unpaired) electrons. The highest BCUT2D eigenvalue weighted by Crippen LogP contribution is 2.74. The van der Waals surface area contributed by atoms with Crippen LogP contribution < -0.4 is 0 Å². The van der Waals surface area contributed by atoms with Crippen molar-refractivity contribution in [2.45, 2.75) is 77.0 Å². The molecule has 9 nitrogen and oxygen atoms in total. The average Bonchev–Trinajstić information content (AvgIpc) is 3.34. The number of Topliss-reactive ketones (excluding diaryl/α,β-unsaturated/α-hetero) is 1. The lowest BCUT2D eigenvalue weighted by Gasteiger charge is -2.59. The lowest BCUT2D eigenvalue weighted by atomic mass is 9.47. The number of hydrogen-bond donors (Lipinski definition) is 1. The number of aliphatic carboxylic acids is 1. The van der Waals surface area contributed by atoms with Gasteiger partial charge in [-0.1, -0.05) is 31.7 Å². The van der Waals surface area contributed by atoms with Crippen molar-refractivity contribution in [1.82, 2.24) is 0 Å². The molecule has 194 valence electrons. The zero-order valence-corrected chi connectivity index (χ0v) is 21.2. The molecule has 0 aromatic carbocycles. The number of ketones is 1. The minimum atomic E-state index is -2.54. The van der Waals surface area contributed by atoms with Crippen molar-refractivity contribution in [1.29, 1.82) is 0 Å². The van der Waals surface area contributed by atoms with Gasteiger partial charge in [-0.25, -0.2) is 4.79 Å². The summed E-state index contributed by atoms with van der Waals surface area (Å²) in [6.07, 6.45) is 6.65. The molecule has 2 unspecified atom stereocenters. The standard InChI is InChI=1S/C27H32O9/c1-7-13(2)21-25(6)19-11-9-16-12-17(22(30)31)8-10-18(16)24(19,5)27(35-21,36-25)26(34-15(4)28)20(29)14(3)33-23(26)32/h7,9,11,16-19,21H,3,8,10,12H2,1-2,4-6H3,(H,30,31)/b13-7+/t16-,17-,18-,19-,21+,24?,25-,26+,27?/m0/s1. The summed E-state index contributed by atoms with van der Waals surface area (Å²) in [6.45, 7) is 12.2. The quantitative estimate of drug-likeness (QED) is 0.268. The smallest absolute Gasteiger partial charge is 0.370 e. The first kappa shape index (κ1) is 24.9. The van der Waals surface area contributed by atoms with E-state index in [0.717, 1.165) is 12.5 Å². The Hall–Kier alpha value is -2.78. The van der Waals surface area contributed by atoms with Crippen LogP contribution in [0.25, 0.3) is 0 Å². The highest BCUT2D eigenvalue weighted by molar-refractivity contribution is 6.21. The van der Waals surface area contributed by atoms with E-state index in [2.05, 4.69) is 6.58 Å². The first-order chi connectivity index (χ1) is 16.8. The predicted molar refractivity (Wildman–Crippen MR) is 124 cm³/mol. The van der Waals surface area contributed by atoms with Gasteiger partial charge in [0.05, 0.1) is 5.92 Å². The SMILES string of the molecule is C=C1OC(=O)[C@@](OC(C)=O)(C23O[C@H](/C(C)=C/C)[C@@](C)(O2)[C@H]2C=C[C@H]4C[C@@H](C(=O)O)CC[C@@H]4C23C)C1=O. The van der Waals surface area contributed by atoms with E-state index in [1.54, 1.807) is 0 Å². The summed E-state index contributed by atoms with van der Waals surface area (Å²) in [5, 5.41) is 9.66. The monoisotopic (exact) mass is 500 g/mol. The summed E-state index contributed by atoms with van der Waals surface area (Å²) < 4.78 is 24.3. The maximum absolute atomic E-state index is 13.7. The van der Waals surface area contributed by atoms with Crippen LogP contribution >= 0.6 is 0 Å². The molecular formula is C27H32O9. The number of carbonyl (C=O) groups excluding carboxylic acids is 3. The number of ether oxygens (including phenoxy) is 4. The van der Waals surface area contributed by atoms with Crippen molar-refractivity contribution in [3.8, 4) is 0 Å². The molecule has 5 rings (SSSR count). The van der Waals surface area contributed by atoms with Gasteiger partial charge in [0.25, 0.3) is 5.78 Å². The predicted octanol–water partition coefficient (Wildman–Crippen LogP) is 3.09. The van der Waals surface area contributed by atoms with Gasteiger partial charge in [-0.15, -0.1) is 0 Å². The second kappa shape index (κ2) is 7.61. The molecular weight excluding hydrogens is 468 g/mol. The van der Waals surface area contributed by atoms with Gasteiger partial charge in [0, 0.05) is 18.3 Å². The fourth-order valence-electron chi connectivity index (χ4n) is 7.84. The Bertz CT molecular complexity index is 1150. The van der Waals surface area contributed by atoms with E-state index >= 15 is 0 Å². The summed E-state index contributed by atoms with van der Waals surface area (Å²) in [4.78, 5) is 51.5. The lowest BCUT2D eigenvalue weighted by molar-refractivity contribution is -0.312. The third-order valence-electron chi connectivity index (χ3n) is 9.42. The van der Waals surface area contributed by atoms with Crippen molar-refractivity contribution in [2.75, 3.05) is 0 Å². The zero-order valence-electron chi connectivity index (χ0n) is 21.2. The third kappa shape index (κ3) is 2.68. The van der Waals surface area contributed by atoms with E-state index in [1.165, 1.54) is 0 Å². The molecule has 2 bridgehead atoms. The number of hydrogen-bond acceptors (Lipinski definition) is 8. The van der Waals surface area contributed by atoms with Crippen molar-refractivity contribution < 1.29 is 43.2 Å².